The van der Waals surface area contributed by atoms with E-state index in [9.17, 15) is 4.79 Å². The van der Waals surface area contributed by atoms with Crippen molar-refractivity contribution >= 4 is 17.7 Å². The molecule has 2 aliphatic rings. The second-order valence-corrected chi connectivity index (χ2v) is 8.30. The lowest BCUT2D eigenvalue weighted by molar-refractivity contribution is -0.134. The van der Waals surface area contributed by atoms with Crippen molar-refractivity contribution in [3.05, 3.63) is 30.3 Å². The lowest BCUT2D eigenvalue weighted by Crippen LogP contribution is -2.50. The molecule has 2 atom stereocenters. The van der Waals surface area contributed by atoms with Crippen LogP contribution < -0.4 is 0 Å². The molecular formula is C20H26N4OS. The van der Waals surface area contributed by atoms with Gasteiger partial charge in [0.15, 0.2) is 11.0 Å². The van der Waals surface area contributed by atoms with Crippen LogP contribution in [0, 0.1) is 5.92 Å². The Balaban J connectivity index is 1.41. The van der Waals surface area contributed by atoms with Crippen molar-refractivity contribution in [2.45, 2.75) is 49.7 Å². The predicted molar refractivity (Wildman–Crippen MR) is 104 cm³/mol. The Bertz CT molecular complexity index is 758. The Kier molecular flexibility index (Phi) is 5.29. The fraction of sp³-hybridized carbons (Fsp3) is 0.550. The van der Waals surface area contributed by atoms with Gasteiger partial charge in [-0.2, -0.15) is 0 Å². The number of thioether (sulfide) groups is 1. The molecule has 0 N–H and O–H groups in total. The number of aromatic nitrogens is 3. The smallest absolute Gasteiger partial charge is 0.233 e. The fourth-order valence-corrected chi connectivity index (χ4v) is 5.22. The van der Waals surface area contributed by atoms with Crippen LogP contribution in [0.1, 0.15) is 38.5 Å². The highest BCUT2D eigenvalue weighted by Crippen LogP contribution is 2.35. The standard InChI is InChI=1S/C20H26N4OS/c1-23-19(16-9-3-2-4-10-16)21-22-20(23)26-14-18(25)24-13-7-11-15-8-5-6-12-17(15)24/h2-4,9-10,15,17H,5-8,11-14H2,1H3/t15-,17+/m0/s1. The van der Waals surface area contributed by atoms with Crippen LogP contribution in [0.4, 0.5) is 0 Å². The number of piperidine rings is 1. The molecule has 1 aromatic carbocycles. The third kappa shape index (κ3) is 3.52. The first-order valence-corrected chi connectivity index (χ1v) is 10.6. The highest BCUT2D eigenvalue weighted by molar-refractivity contribution is 7.99. The van der Waals surface area contributed by atoms with E-state index in [0.717, 1.165) is 35.4 Å². The Labute approximate surface area is 159 Å². The zero-order chi connectivity index (χ0) is 17.9. The molecule has 26 heavy (non-hydrogen) atoms. The summed E-state index contributed by atoms with van der Waals surface area (Å²) in [6, 6.07) is 10.5. The molecule has 5 nitrogen and oxygen atoms in total. The largest absolute Gasteiger partial charge is 0.339 e. The molecule has 6 heteroatoms. The summed E-state index contributed by atoms with van der Waals surface area (Å²) in [6.07, 6.45) is 7.53. The molecule has 2 fully saturated rings. The maximum Gasteiger partial charge on any atom is 0.233 e. The van der Waals surface area contributed by atoms with Gasteiger partial charge in [0.1, 0.15) is 0 Å². The molecule has 1 aromatic heterocycles. The summed E-state index contributed by atoms with van der Waals surface area (Å²) in [5, 5.41) is 9.41. The van der Waals surface area contributed by atoms with Crippen LogP contribution in [0.3, 0.4) is 0 Å². The van der Waals surface area contributed by atoms with Gasteiger partial charge >= 0.3 is 0 Å². The van der Waals surface area contributed by atoms with E-state index in [2.05, 4.69) is 15.1 Å². The van der Waals surface area contributed by atoms with Crippen molar-refractivity contribution in [1.82, 2.24) is 19.7 Å². The molecule has 0 unspecified atom stereocenters. The third-order valence-electron chi connectivity index (χ3n) is 5.76. The van der Waals surface area contributed by atoms with Gasteiger partial charge in [0.25, 0.3) is 0 Å². The quantitative estimate of drug-likeness (QED) is 0.769. The maximum absolute atomic E-state index is 12.9. The van der Waals surface area contributed by atoms with Crippen LogP contribution in [-0.2, 0) is 11.8 Å². The summed E-state index contributed by atoms with van der Waals surface area (Å²) in [4.78, 5) is 15.0. The van der Waals surface area contributed by atoms with E-state index in [-0.39, 0.29) is 5.91 Å². The first-order chi connectivity index (χ1) is 12.7. The SMILES string of the molecule is Cn1c(SCC(=O)N2CCC[C@@H]3CCCC[C@H]32)nnc1-c1ccccc1. The summed E-state index contributed by atoms with van der Waals surface area (Å²) in [5.74, 6) is 2.27. The van der Waals surface area contributed by atoms with E-state index in [0.29, 0.717) is 11.8 Å². The van der Waals surface area contributed by atoms with E-state index in [1.165, 1.54) is 43.9 Å². The number of benzene rings is 1. The summed E-state index contributed by atoms with van der Waals surface area (Å²) in [6.45, 7) is 0.925. The number of amides is 1. The molecule has 2 aromatic rings. The molecule has 0 spiro atoms. The predicted octanol–water partition coefficient (Wildman–Crippen LogP) is 3.76. The van der Waals surface area contributed by atoms with Gasteiger partial charge in [0.05, 0.1) is 5.75 Å². The number of fused-ring (bicyclic) bond motifs is 1. The van der Waals surface area contributed by atoms with Crippen LogP contribution in [0.5, 0.6) is 0 Å². The van der Waals surface area contributed by atoms with Gasteiger partial charge in [-0.05, 0) is 31.6 Å². The van der Waals surface area contributed by atoms with Gasteiger partial charge < -0.3 is 9.47 Å². The first-order valence-electron chi connectivity index (χ1n) is 9.61. The van der Waals surface area contributed by atoms with Gasteiger partial charge in [0.2, 0.25) is 5.91 Å². The number of carbonyl (C=O) groups excluding carboxylic acids is 1. The summed E-state index contributed by atoms with van der Waals surface area (Å²) in [7, 11) is 1.97. The Morgan fingerprint density at radius 1 is 1.12 bits per heavy atom. The number of hydrogen-bond acceptors (Lipinski definition) is 4. The van der Waals surface area contributed by atoms with Crippen molar-refractivity contribution < 1.29 is 4.79 Å². The second kappa shape index (κ2) is 7.82. The number of likely N-dealkylation sites (tertiary alicyclic amines) is 1. The molecule has 1 saturated heterocycles. The number of hydrogen-bond donors (Lipinski definition) is 0. The number of carbonyl (C=O) groups is 1. The third-order valence-corrected chi connectivity index (χ3v) is 6.76. The zero-order valence-corrected chi connectivity index (χ0v) is 16.1. The van der Waals surface area contributed by atoms with Crippen LogP contribution in [-0.4, -0.2) is 43.9 Å². The van der Waals surface area contributed by atoms with Crippen molar-refractivity contribution in [3.63, 3.8) is 0 Å². The molecule has 4 rings (SSSR count). The molecule has 1 aliphatic carbocycles. The van der Waals surface area contributed by atoms with E-state index in [1.54, 1.807) is 0 Å². The normalized spacial score (nSPS) is 22.9. The minimum atomic E-state index is 0.260. The summed E-state index contributed by atoms with van der Waals surface area (Å²) >= 11 is 1.50. The van der Waals surface area contributed by atoms with Crippen molar-refractivity contribution in [2.24, 2.45) is 13.0 Å². The highest BCUT2D eigenvalue weighted by atomic mass is 32.2. The average Bonchev–Trinajstić information content (AvgIpc) is 3.07. The number of rotatable bonds is 4. The summed E-state index contributed by atoms with van der Waals surface area (Å²) < 4.78 is 1.98. The lowest BCUT2D eigenvalue weighted by atomic mass is 9.78. The number of nitrogens with zero attached hydrogens (tertiary/aromatic N) is 4. The second-order valence-electron chi connectivity index (χ2n) is 7.36. The molecule has 0 radical (unpaired) electrons. The van der Waals surface area contributed by atoms with E-state index in [1.807, 2.05) is 41.9 Å². The van der Waals surface area contributed by atoms with Gasteiger partial charge in [-0.1, -0.05) is 54.9 Å². The van der Waals surface area contributed by atoms with Gasteiger partial charge in [-0.25, -0.2) is 0 Å². The topological polar surface area (TPSA) is 51.0 Å². The fourth-order valence-electron chi connectivity index (χ4n) is 4.42. The first kappa shape index (κ1) is 17.6. The Morgan fingerprint density at radius 2 is 1.88 bits per heavy atom. The van der Waals surface area contributed by atoms with E-state index < -0.39 is 0 Å². The highest BCUT2D eigenvalue weighted by Gasteiger charge is 2.35. The van der Waals surface area contributed by atoms with E-state index in [4.69, 9.17) is 0 Å². The molecule has 1 amide bonds. The molecule has 2 heterocycles. The zero-order valence-electron chi connectivity index (χ0n) is 15.3. The lowest BCUT2D eigenvalue weighted by Gasteiger charge is -2.44. The minimum Gasteiger partial charge on any atom is -0.339 e. The Hall–Kier alpha value is -1.82. The molecular weight excluding hydrogens is 344 g/mol. The van der Waals surface area contributed by atoms with Crippen LogP contribution >= 0.6 is 11.8 Å². The monoisotopic (exact) mass is 370 g/mol. The maximum atomic E-state index is 12.9. The van der Waals surface area contributed by atoms with Crippen LogP contribution in [0.25, 0.3) is 11.4 Å². The van der Waals surface area contributed by atoms with Crippen molar-refractivity contribution in [2.75, 3.05) is 12.3 Å². The minimum absolute atomic E-state index is 0.260. The summed E-state index contributed by atoms with van der Waals surface area (Å²) in [5.41, 5.74) is 1.04. The molecule has 1 aliphatic heterocycles. The molecule has 0 bridgehead atoms. The van der Waals surface area contributed by atoms with Gasteiger partial charge in [-0.15, -0.1) is 10.2 Å². The molecule has 138 valence electrons. The van der Waals surface area contributed by atoms with Crippen molar-refractivity contribution in [1.29, 1.82) is 0 Å². The van der Waals surface area contributed by atoms with Crippen molar-refractivity contribution in [3.8, 4) is 11.4 Å². The van der Waals surface area contributed by atoms with Crippen LogP contribution in [0.2, 0.25) is 0 Å². The average molecular weight is 371 g/mol. The van der Waals surface area contributed by atoms with Gasteiger partial charge in [-0.3, -0.25) is 4.79 Å². The molecule has 1 saturated carbocycles. The van der Waals surface area contributed by atoms with E-state index >= 15 is 0 Å². The Morgan fingerprint density at radius 3 is 2.73 bits per heavy atom. The van der Waals surface area contributed by atoms with Crippen LogP contribution in [0.15, 0.2) is 35.5 Å². The van der Waals surface area contributed by atoms with Gasteiger partial charge in [0, 0.05) is 25.2 Å².